The van der Waals surface area contributed by atoms with Gasteiger partial charge in [0.25, 0.3) is 0 Å². The molecule has 2 nitrogen and oxygen atoms in total. The molecular weight excluding hydrogens is 196 g/mol. The van der Waals surface area contributed by atoms with E-state index >= 15 is 0 Å². The minimum absolute atomic E-state index is 0.821. The number of hydrogen-bond acceptors (Lipinski definition) is 2. The molecule has 0 aliphatic rings. The molecule has 2 heteroatoms. The molecule has 0 saturated heterocycles. The SMILES string of the molecule is Cc1ccccc1CN(C)CCCCCN. The van der Waals surface area contributed by atoms with Crippen LogP contribution in [0.15, 0.2) is 24.3 Å². The van der Waals surface area contributed by atoms with Crippen LogP contribution in [-0.2, 0) is 6.54 Å². The van der Waals surface area contributed by atoms with Crippen LogP contribution in [-0.4, -0.2) is 25.0 Å². The largest absolute Gasteiger partial charge is 0.330 e. The molecule has 0 unspecified atom stereocenters. The highest BCUT2D eigenvalue weighted by Gasteiger charge is 2.01. The molecule has 0 fully saturated rings. The maximum atomic E-state index is 5.48. The van der Waals surface area contributed by atoms with Gasteiger partial charge in [-0.2, -0.15) is 0 Å². The van der Waals surface area contributed by atoms with Crippen molar-refractivity contribution in [1.82, 2.24) is 4.90 Å². The van der Waals surface area contributed by atoms with Crippen LogP contribution in [0, 0.1) is 6.92 Å². The van der Waals surface area contributed by atoms with Crippen LogP contribution in [0.25, 0.3) is 0 Å². The second kappa shape index (κ2) is 7.42. The first-order valence-electron chi connectivity index (χ1n) is 6.17. The van der Waals surface area contributed by atoms with E-state index in [0.717, 1.165) is 26.1 Å². The summed E-state index contributed by atoms with van der Waals surface area (Å²) in [6.07, 6.45) is 3.65. The predicted octanol–water partition coefficient (Wildman–Crippen LogP) is 2.56. The van der Waals surface area contributed by atoms with Crippen molar-refractivity contribution >= 4 is 0 Å². The van der Waals surface area contributed by atoms with Crippen molar-refractivity contribution in [3.63, 3.8) is 0 Å². The second-order valence-electron chi connectivity index (χ2n) is 4.51. The molecule has 1 aromatic carbocycles. The molecule has 0 radical (unpaired) electrons. The van der Waals surface area contributed by atoms with E-state index in [0.29, 0.717) is 0 Å². The van der Waals surface area contributed by atoms with Gasteiger partial charge in [0, 0.05) is 6.54 Å². The third kappa shape index (κ3) is 4.77. The van der Waals surface area contributed by atoms with Gasteiger partial charge in [0.15, 0.2) is 0 Å². The lowest BCUT2D eigenvalue weighted by atomic mass is 10.1. The van der Waals surface area contributed by atoms with E-state index in [2.05, 4.69) is 43.1 Å². The number of nitrogens with two attached hydrogens (primary N) is 1. The van der Waals surface area contributed by atoms with Gasteiger partial charge in [0.2, 0.25) is 0 Å². The number of rotatable bonds is 7. The summed E-state index contributed by atoms with van der Waals surface area (Å²) in [6, 6.07) is 8.61. The standard InChI is InChI=1S/C14H24N2/c1-13-8-4-5-9-14(13)12-16(2)11-7-3-6-10-15/h4-5,8-9H,3,6-7,10-12,15H2,1-2H3. The highest BCUT2D eigenvalue weighted by atomic mass is 15.1. The summed E-state index contributed by atoms with van der Waals surface area (Å²) in [4.78, 5) is 2.39. The number of aryl methyl sites for hydroxylation is 1. The number of nitrogens with zero attached hydrogens (tertiary/aromatic N) is 1. The van der Waals surface area contributed by atoms with Crippen LogP contribution in [0.3, 0.4) is 0 Å². The maximum Gasteiger partial charge on any atom is 0.0233 e. The minimum atomic E-state index is 0.821. The zero-order valence-corrected chi connectivity index (χ0v) is 10.6. The molecule has 0 aliphatic heterocycles. The van der Waals surface area contributed by atoms with Crippen molar-refractivity contribution in [1.29, 1.82) is 0 Å². The summed E-state index contributed by atoms with van der Waals surface area (Å²) in [7, 11) is 2.19. The van der Waals surface area contributed by atoms with Gasteiger partial charge >= 0.3 is 0 Å². The summed E-state index contributed by atoms with van der Waals surface area (Å²) in [5.74, 6) is 0. The van der Waals surface area contributed by atoms with Crippen molar-refractivity contribution in [2.75, 3.05) is 20.1 Å². The molecular formula is C14H24N2. The van der Waals surface area contributed by atoms with E-state index in [1.54, 1.807) is 0 Å². The van der Waals surface area contributed by atoms with E-state index in [-0.39, 0.29) is 0 Å². The third-order valence-electron chi connectivity index (χ3n) is 2.95. The average Bonchev–Trinajstić information content (AvgIpc) is 2.28. The summed E-state index contributed by atoms with van der Waals surface area (Å²) < 4.78 is 0. The van der Waals surface area contributed by atoms with Crippen LogP contribution in [0.5, 0.6) is 0 Å². The lowest BCUT2D eigenvalue weighted by molar-refractivity contribution is 0.317. The summed E-state index contributed by atoms with van der Waals surface area (Å²) >= 11 is 0. The Hall–Kier alpha value is -0.860. The van der Waals surface area contributed by atoms with Crippen molar-refractivity contribution in [2.24, 2.45) is 5.73 Å². The van der Waals surface area contributed by atoms with Gasteiger partial charge in [0.1, 0.15) is 0 Å². The Kier molecular flexibility index (Phi) is 6.12. The Bertz CT molecular complexity index is 297. The van der Waals surface area contributed by atoms with Gasteiger partial charge in [0.05, 0.1) is 0 Å². The van der Waals surface area contributed by atoms with Crippen LogP contribution >= 0.6 is 0 Å². The number of unbranched alkanes of at least 4 members (excludes halogenated alkanes) is 2. The molecule has 0 atom stereocenters. The van der Waals surface area contributed by atoms with Crippen LogP contribution in [0.2, 0.25) is 0 Å². The monoisotopic (exact) mass is 220 g/mol. The fraction of sp³-hybridized carbons (Fsp3) is 0.571. The highest BCUT2D eigenvalue weighted by Crippen LogP contribution is 2.09. The summed E-state index contributed by atoms with van der Waals surface area (Å²) in [5.41, 5.74) is 8.29. The normalized spacial score (nSPS) is 11.0. The van der Waals surface area contributed by atoms with Gasteiger partial charge in [-0.05, 0) is 51.0 Å². The van der Waals surface area contributed by atoms with E-state index in [1.807, 2.05) is 0 Å². The summed E-state index contributed by atoms with van der Waals surface area (Å²) in [6.45, 7) is 5.21. The van der Waals surface area contributed by atoms with Gasteiger partial charge < -0.3 is 10.6 Å². The Morgan fingerprint density at radius 3 is 2.56 bits per heavy atom. The fourth-order valence-corrected chi connectivity index (χ4v) is 1.86. The predicted molar refractivity (Wildman–Crippen MR) is 70.4 cm³/mol. The zero-order valence-electron chi connectivity index (χ0n) is 10.6. The maximum absolute atomic E-state index is 5.48. The lowest BCUT2D eigenvalue weighted by Crippen LogP contribution is -2.19. The third-order valence-corrected chi connectivity index (χ3v) is 2.95. The van der Waals surface area contributed by atoms with Gasteiger partial charge in [-0.1, -0.05) is 30.7 Å². The molecule has 0 amide bonds. The van der Waals surface area contributed by atoms with E-state index in [1.165, 1.54) is 24.0 Å². The number of hydrogen-bond donors (Lipinski definition) is 1. The molecule has 0 saturated carbocycles. The smallest absolute Gasteiger partial charge is 0.0233 e. The number of benzene rings is 1. The van der Waals surface area contributed by atoms with Gasteiger partial charge in [-0.25, -0.2) is 0 Å². The first kappa shape index (κ1) is 13.2. The quantitative estimate of drug-likeness (QED) is 0.716. The van der Waals surface area contributed by atoms with Crippen LogP contribution < -0.4 is 5.73 Å². The lowest BCUT2D eigenvalue weighted by Gasteiger charge is -2.17. The molecule has 0 spiro atoms. The van der Waals surface area contributed by atoms with Gasteiger partial charge in [-0.15, -0.1) is 0 Å². The van der Waals surface area contributed by atoms with E-state index < -0.39 is 0 Å². The average molecular weight is 220 g/mol. The zero-order chi connectivity index (χ0) is 11.8. The topological polar surface area (TPSA) is 29.3 Å². The second-order valence-corrected chi connectivity index (χ2v) is 4.51. The van der Waals surface area contributed by atoms with E-state index in [9.17, 15) is 0 Å². The molecule has 90 valence electrons. The molecule has 16 heavy (non-hydrogen) atoms. The molecule has 0 bridgehead atoms. The minimum Gasteiger partial charge on any atom is -0.330 e. The molecule has 2 N–H and O–H groups in total. The molecule has 1 aromatic rings. The van der Waals surface area contributed by atoms with Crippen molar-refractivity contribution in [2.45, 2.75) is 32.7 Å². The van der Waals surface area contributed by atoms with Crippen LogP contribution in [0.1, 0.15) is 30.4 Å². The van der Waals surface area contributed by atoms with Crippen LogP contribution in [0.4, 0.5) is 0 Å². The first-order valence-corrected chi connectivity index (χ1v) is 6.17. The van der Waals surface area contributed by atoms with Gasteiger partial charge in [-0.3, -0.25) is 0 Å². The fourth-order valence-electron chi connectivity index (χ4n) is 1.86. The van der Waals surface area contributed by atoms with Crippen molar-refractivity contribution < 1.29 is 0 Å². The first-order chi connectivity index (χ1) is 7.74. The summed E-state index contributed by atoms with van der Waals surface area (Å²) in [5, 5.41) is 0. The Morgan fingerprint density at radius 2 is 1.88 bits per heavy atom. The molecule has 0 heterocycles. The van der Waals surface area contributed by atoms with E-state index in [4.69, 9.17) is 5.73 Å². The Labute approximate surface area is 99.5 Å². The molecule has 0 aliphatic carbocycles. The van der Waals surface area contributed by atoms with Crippen molar-refractivity contribution in [3.05, 3.63) is 35.4 Å². The Balaban J connectivity index is 2.28. The van der Waals surface area contributed by atoms with Crippen molar-refractivity contribution in [3.8, 4) is 0 Å². The Morgan fingerprint density at radius 1 is 1.12 bits per heavy atom. The molecule has 0 aromatic heterocycles. The highest BCUT2D eigenvalue weighted by molar-refractivity contribution is 5.25. The molecule has 1 rings (SSSR count).